The van der Waals surface area contributed by atoms with Crippen molar-refractivity contribution in [2.24, 2.45) is 0 Å². The quantitative estimate of drug-likeness (QED) is 0.836. The molecule has 3 N–H and O–H groups in total. The molecule has 0 aliphatic carbocycles. The van der Waals surface area contributed by atoms with Crippen LogP contribution in [0.25, 0.3) is 0 Å². The van der Waals surface area contributed by atoms with Crippen molar-refractivity contribution in [3.05, 3.63) is 42.0 Å². The average molecular weight is 230 g/mol. The van der Waals surface area contributed by atoms with Crippen molar-refractivity contribution in [2.45, 2.75) is 6.54 Å². The number of methoxy groups -OCH3 is 1. The van der Waals surface area contributed by atoms with E-state index in [0.29, 0.717) is 18.2 Å². The number of hydrogen-bond donors (Lipinski definition) is 2. The Morgan fingerprint density at radius 2 is 1.88 bits per heavy atom. The number of hydrogen-bond acceptors (Lipinski definition) is 5. The van der Waals surface area contributed by atoms with Crippen molar-refractivity contribution >= 4 is 11.6 Å². The third-order valence-corrected chi connectivity index (χ3v) is 2.32. The Kier molecular flexibility index (Phi) is 3.40. The van der Waals surface area contributed by atoms with Crippen LogP contribution in [0.3, 0.4) is 0 Å². The maximum atomic E-state index is 5.45. The van der Waals surface area contributed by atoms with Crippen molar-refractivity contribution < 1.29 is 4.74 Å². The molecule has 0 bridgehead atoms. The van der Waals surface area contributed by atoms with Crippen molar-refractivity contribution in [1.82, 2.24) is 10.2 Å². The molecule has 2 rings (SSSR count). The summed E-state index contributed by atoms with van der Waals surface area (Å²) in [5.74, 6) is 1.97. The normalized spacial score (nSPS) is 9.94. The zero-order valence-electron chi connectivity index (χ0n) is 9.55. The van der Waals surface area contributed by atoms with Crippen LogP contribution in [0.1, 0.15) is 5.56 Å². The summed E-state index contributed by atoms with van der Waals surface area (Å²) in [5, 5.41) is 10.8. The highest BCUT2D eigenvalue weighted by Gasteiger charge is 1.97. The lowest BCUT2D eigenvalue weighted by atomic mass is 10.2. The molecule has 0 amide bonds. The minimum atomic E-state index is 0.417. The number of rotatable bonds is 4. The third kappa shape index (κ3) is 3.07. The molecule has 0 radical (unpaired) electrons. The van der Waals surface area contributed by atoms with Gasteiger partial charge in [-0.15, -0.1) is 10.2 Å². The maximum absolute atomic E-state index is 5.45. The second kappa shape index (κ2) is 5.16. The van der Waals surface area contributed by atoms with Crippen molar-refractivity contribution in [3.8, 4) is 5.75 Å². The number of ether oxygens (including phenoxy) is 1. The molecule has 88 valence electrons. The molecular weight excluding hydrogens is 216 g/mol. The Labute approximate surface area is 99.6 Å². The average Bonchev–Trinajstić information content (AvgIpc) is 2.39. The van der Waals surface area contributed by atoms with Crippen LogP contribution in [0.4, 0.5) is 11.6 Å². The Bertz CT molecular complexity index is 467. The Morgan fingerprint density at radius 3 is 2.47 bits per heavy atom. The molecule has 0 unspecified atom stereocenters. The fourth-order valence-corrected chi connectivity index (χ4v) is 1.37. The zero-order valence-corrected chi connectivity index (χ0v) is 9.55. The summed E-state index contributed by atoms with van der Waals surface area (Å²) in [4.78, 5) is 0. The van der Waals surface area contributed by atoms with Crippen LogP contribution in [-0.2, 0) is 6.54 Å². The fraction of sp³-hybridized carbons (Fsp3) is 0.167. The van der Waals surface area contributed by atoms with Gasteiger partial charge >= 0.3 is 0 Å². The molecule has 0 fully saturated rings. The second-order valence-electron chi connectivity index (χ2n) is 3.55. The van der Waals surface area contributed by atoms with Gasteiger partial charge in [0.15, 0.2) is 0 Å². The highest BCUT2D eigenvalue weighted by atomic mass is 16.5. The first-order valence-electron chi connectivity index (χ1n) is 5.24. The molecule has 0 atom stereocenters. The second-order valence-corrected chi connectivity index (χ2v) is 3.55. The molecule has 2 aromatic rings. The minimum absolute atomic E-state index is 0.417. The van der Waals surface area contributed by atoms with Crippen molar-refractivity contribution in [2.75, 3.05) is 18.2 Å². The minimum Gasteiger partial charge on any atom is -0.497 e. The molecule has 1 aromatic carbocycles. The maximum Gasteiger partial charge on any atom is 0.149 e. The first-order valence-corrected chi connectivity index (χ1v) is 5.24. The Balaban J connectivity index is 1.95. The predicted octanol–water partition coefficient (Wildman–Crippen LogP) is 1.68. The van der Waals surface area contributed by atoms with E-state index in [1.165, 1.54) is 0 Å². The summed E-state index contributed by atoms with van der Waals surface area (Å²) in [7, 11) is 1.65. The topological polar surface area (TPSA) is 73.1 Å². The van der Waals surface area contributed by atoms with Gasteiger partial charge in [-0.25, -0.2) is 0 Å². The smallest absolute Gasteiger partial charge is 0.149 e. The fourth-order valence-electron chi connectivity index (χ4n) is 1.37. The van der Waals surface area contributed by atoms with E-state index in [9.17, 15) is 0 Å². The van der Waals surface area contributed by atoms with Gasteiger partial charge in [-0.2, -0.15) is 0 Å². The van der Waals surface area contributed by atoms with Crippen LogP contribution in [-0.4, -0.2) is 17.3 Å². The molecule has 0 spiro atoms. The van der Waals surface area contributed by atoms with Crippen LogP contribution < -0.4 is 15.8 Å². The summed E-state index contributed by atoms with van der Waals surface area (Å²) in [5.41, 5.74) is 6.59. The van der Waals surface area contributed by atoms with E-state index in [0.717, 1.165) is 11.3 Å². The molecule has 1 aromatic heterocycles. The van der Waals surface area contributed by atoms with Gasteiger partial charge in [0.25, 0.3) is 0 Å². The molecule has 5 nitrogen and oxygen atoms in total. The van der Waals surface area contributed by atoms with E-state index in [2.05, 4.69) is 15.5 Å². The zero-order chi connectivity index (χ0) is 12.1. The van der Waals surface area contributed by atoms with E-state index in [1.54, 1.807) is 19.2 Å². The van der Waals surface area contributed by atoms with Crippen molar-refractivity contribution in [1.29, 1.82) is 0 Å². The van der Waals surface area contributed by atoms with Crippen LogP contribution >= 0.6 is 0 Å². The standard InChI is InChI=1S/C12H14N4O/c1-17-10-4-2-9(3-5-10)8-14-12-7-6-11(13)15-16-12/h2-7H,8H2,1H3,(H2,13,15)(H,14,16). The van der Waals surface area contributed by atoms with E-state index >= 15 is 0 Å². The number of nitrogens with one attached hydrogen (secondary N) is 1. The van der Waals surface area contributed by atoms with Crippen LogP contribution in [0.5, 0.6) is 5.75 Å². The van der Waals surface area contributed by atoms with Gasteiger partial charge in [0.1, 0.15) is 17.4 Å². The summed E-state index contributed by atoms with van der Waals surface area (Å²) < 4.78 is 5.09. The molecule has 0 saturated carbocycles. The van der Waals surface area contributed by atoms with E-state index < -0.39 is 0 Å². The van der Waals surface area contributed by atoms with Gasteiger partial charge in [-0.3, -0.25) is 0 Å². The summed E-state index contributed by atoms with van der Waals surface area (Å²) in [6, 6.07) is 11.3. The Hall–Kier alpha value is -2.30. The van der Waals surface area contributed by atoms with Gasteiger partial charge in [-0.1, -0.05) is 12.1 Å². The van der Waals surface area contributed by atoms with Gasteiger partial charge in [-0.05, 0) is 29.8 Å². The van der Waals surface area contributed by atoms with E-state index in [1.807, 2.05) is 24.3 Å². The highest BCUT2D eigenvalue weighted by Crippen LogP contribution is 2.12. The number of nitrogens with two attached hydrogens (primary N) is 1. The van der Waals surface area contributed by atoms with Gasteiger partial charge in [0.2, 0.25) is 0 Å². The Morgan fingerprint density at radius 1 is 1.12 bits per heavy atom. The summed E-state index contributed by atoms with van der Waals surface area (Å²) >= 11 is 0. The van der Waals surface area contributed by atoms with Crippen LogP contribution in [0.2, 0.25) is 0 Å². The van der Waals surface area contributed by atoms with E-state index in [-0.39, 0.29) is 0 Å². The number of anilines is 2. The third-order valence-electron chi connectivity index (χ3n) is 2.32. The number of nitrogen functional groups attached to an aromatic ring is 1. The van der Waals surface area contributed by atoms with Crippen LogP contribution in [0, 0.1) is 0 Å². The molecule has 1 heterocycles. The monoisotopic (exact) mass is 230 g/mol. The molecular formula is C12H14N4O. The molecule has 0 aliphatic rings. The first-order chi connectivity index (χ1) is 8.28. The lowest BCUT2D eigenvalue weighted by molar-refractivity contribution is 0.414. The first kappa shape index (κ1) is 11.2. The number of aromatic nitrogens is 2. The van der Waals surface area contributed by atoms with Crippen LogP contribution in [0.15, 0.2) is 36.4 Å². The summed E-state index contributed by atoms with van der Waals surface area (Å²) in [6.07, 6.45) is 0. The SMILES string of the molecule is COc1ccc(CNc2ccc(N)nn2)cc1. The molecule has 0 saturated heterocycles. The van der Waals surface area contributed by atoms with Gasteiger partial charge < -0.3 is 15.8 Å². The van der Waals surface area contributed by atoms with E-state index in [4.69, 9.17) is 10.5 Å². The predicted molar refractivity (Wildman–Crippen MR) is 66.8 cm³/mol. The molecule has 5 heteroatoms. The number of benzene rings is 1. The van der Waals surface area contributed by atoms with Gasteiger partial charge in [0, 0.05) is 6.54 Å². The molecule has 0 aliphatic heterocycles. The summed E-state index contributed by atoms with van der Waals surface area (Å²) in [6.45, 7) is 0.683. The largest absolute Gasteiger partial charge is 0.497 e. The van der Waals surface area contributed by atoms with Crippen molar-refractivity contribution in [3.63, 3.8) is 0 Å². The lowest BCUT2D eigenvalue weighted by Crippen LogP contribution is -2.03. The highest BCUT2D eigenvalue weighted by molar-refractivity contribution is 5.39. The number of nitrogens with zero attached hydrogens (tertiary/aromatic N) is 2. The van der Waals surface area contributed by atoms with Gasteiger partial charge in [0.05, 0.1) is 7.11 Å². The molecule has 17 heavy (non-hydrogen) atoms. The lowest BCUT2D eigenvalue weighted by Gasteiger charge is -2.06.